The van der Waals surface area contributed by atoms with Crippen LogP contribution in [0.15, 0.2) is 36.5 Å². The molecule has 1 aromatic carbocycles. The lowest BCUT2D eigenvalue weighted by molar-refractivity contribution is -0.124. The number of esters is 1. The number of ether oxygens (including phenoxy) is 2. The molecule has 3 aromatic rings. The molecule has 0 aliphatic carbocycles. The highest BCUT2D eigenvalue weighted by atomic mass is 19.3. The van der Waals surface area contributed by atoms with Gasteiger partial charge in [0.1, 0.15) is 5.75 Å². The van der Waals surface area contributed by atoms with Crippen molar-refractivity contribution in [3.8, 4) is 5.75 Å². The lowest BCUT2D eigenvalue weighted by atomic mass is 10.1. The predicted octanol–water partition coefficient (Wildman–Crippen LogP) is 2.39. The van der Waals surface area contributed by atoms with Crippen molar-refractivity contribution >= 4 is 22.9 Å². The van der Waals surface area contributed by atoms with Gasteiger partial charge in [0.25, 0.3) is 5.91 Å². The number of carbonyl (C=O) groups is 2. The Kier molecular flexibility index (Phi) is 6.55. The molecule has 3 rings (SSSR count). The number of pyridine rings is 1. The number of hydrogen-bond acceptors (Lipinski definition) is 6. The number of aromatic nitrogens is 3. The second-order valence-corrected chi connectivity index (χ2v) is 6.50. The Balaban J connectivity index is 1.44. The number of aryl methyl sites for hydroxylation is 2. The van der Waals surface area contributed by atoms with E-state index in [-0.39, 0.29) is 11.3 Å². The zero-order valence-electron chi connectivity index (χ0n) is 16.4. The maximum atomic E-state index is 12.2. The second kappa shape index (κ2) is 9.29. The summed E-state index contributed by atoms with van der Waals surface area (Å²) < 4.78 is 35.2. The molecule has 0 saturated heterocycles. The van der Waals surface area contributed by atoms with Gasteiger partial charge in [0.05, 0.1) is 11.3 Å². The third-order valence-electron chi connectivity index (χ3n) is 4.32. The molecule has 158 valence electrons. The number of halogens is 2. The van der Waals surface area contributed by atoms with E-state index in [1.165, 1.54) is 18.3 Å². The quantitative estimate of drug-likeness (QED) is 0.565. The van der Waals surface area contributed by atoms with Crippen molar-refractivity contribution in [3.05, 3.63) is 53.3 Å². The Morgan fingerprint density at radius 1 is 1.23 bits per heavy atom. The molecule has 0 fully saturated rings. The van der Waals surface area contributed by atoms with Gasteiger partial charge in [-0.05, 0) is 37.1 Å². The minimum absolute atomic E-state index is 0.0684. The number of nitrogens with one attached hydrogen (secondary N) is 1. The average molecular weight is 418 g/mol. The number of alkyl halides is 2. The molecule has 2 aromatic heterocycles. The van der Waals surface area contributed by atoms with E-state index in [2.05, 4.69) is 20.1 Å². The molecule has 0 aliphatic heterocycles. The number of hydrogen-bond donors (Lipinski definition) is 1. The van der Waals surface area contributed by atoms with Crippen LogP contribution in [-0.2, 0) is 23.0 Å². The number of rotatable bonds is 8. The Morgan fingerprint density at radius 2 is 1.97 bits per heavy atom. The molecule has 0 unspecified atom stereocenters. The molecule has 0 bridgehead atoms. The van der Waals surface area contributed by atoms with E-state index in [1.54, 1.807) is 29.9 Å². The van der Waals surface area contributed by atoms with Crippen molar-refractivity contribution in [3.63, 3.8) is 0 Å². The summed E-state index contributed by atoms with van der Waals surface area (Å²) >= 11 is 0. The highest BCUT2D eigenvalue weighted by Gasteiger charge is 2.14. The van der Waals surface area contributed by atoms with E-state index in [1.807, 2.05) is 6.92 Å². The van der Waals surface area contributed by atoms with Crippen molar-refractivity contribution in [2.24, 2.45) is 7.05 Å². The fourth-order valence-corrected chi connectivity index (χ4v) is 2.87. The molecular formula is C20H20F2N4O4. The Bertz CT molecular complexity index is 1050. The molecule has 1 N–H and O–H groups in total. The normalized spacial score (nSPS) is 11.0. The number of fused-ring (bicyclic) bond motifs is 1. The lowest BCUT2D eigenvalue weighted by Crippen LogP contribution is -2.30. The summed E-state index contributed by atoms with van der Waals surface area (Å²) in [6.45, 7) is -1.19. The van der Waals surface area contributed by atoms with E-state index in [4.69, 9.17) is 4.74 Å². The molecule has 30 heavy (non-hydrogen) atoms. The van der Waals surface area contributed by atoms with Crippen LogP contribution in [0.5, 0.6) is 5.75 Å². The van der Waals surface area contributed by atoms with Crippen LogP contribution in [0, 0.1) is 6.92 Å². The van der Waals surface area contributed by atoms with Gasteiger partial charge < -0.3 is 14.8 Å². The van der Waals surface area contributed by atoms with Gasteiger partial charge >= 0.3 is 12.6 Å². The van der Waals surface area contributed by atoms with E-state index < -0.39 is 25.1 Å². The van der Waals surface area contributed by atoms with Gasteiger partial charge in [0.2, 0.25) is 0 Å². The van der Waals surface area contributed by atoms with Crippen LogP contribution < -0.4 is 10.1 Å². The second-order valence-electron chi connectivity index (χ2n) is 6.50. The van der Waals surface area contributed by atoms with Crippen LogP contribution in [-0.4, -0.2) is 46.4 Å². The molecule has 8 nitrogen and oxygen atoms in total. The van der Waals surface area contributed by atoms with Gasteiger partial charge in [0.15, 0.2) is 12.3 Å². The van der Waals surface area contributed by atoms with Crippen LogP contribution in [0.3, 0.4) is 0 Å². The molecule has 2 heterocycles. The van der Waals surface area contributed by atoms with E-state index >= 15 is 0 Å². The van der Waals surface area contributed by atoms with Gasteiger partial charge in [-0.1, -0.05) is 12.1 Å². The van der Waals surface area contributed by atoms with Gasteiger partial charge in [-0.2, -0.15) is 13.9 Å². The maximum Gasteiger partial charge on any atom is 0.387 e. The van der Waals surface area contributed by atoms with Crippen molar-refractivity contribution in [1.29, 1.82) is 0 Å². The number of nitrogens with zero attached hydrogens (tertiary/aromatic N) is 3. The van der Waals surface area contributed by atoms with Crippen molar-refractivity contribution in [2.75, 3.05) is 13.2 Å². The summed E-state index contributed by atoms with van der Waals surface area (Å²) in [5, 5.41) is 7.61. The fourth-order valence-electron chi connectivity index (χ4n) is 2.87. The first-order valence-corrected chi connectivity index (χ1v) is 9.10. The summed E-state index contributed by atoms with van der Waals surface area (Å²) in [6.07, 6.45) is 1.86. The molecule has 0 radical (unpaired) electrons. The molecular weight excluding hydrogens is 398 g/mol. The topological polar surface area (TPSA) is 95.3 Å². The first-order chi connectivity index (χ1) is 14.3. The van der Waals surface area contributed by atoms with Crippen LogP contribution >= 0.6 is 0 Å². The highest BCUT2D eigenvalue weighted by molar-refractivity contribution is 5.94. The fraction of sp³-hybridized carbons (Fsp3) is 0.300. The summed E-state index contributed by atoms with van der Waals surface area (Å²) in [5.41, 5.74) is 2.45. The standard InChI is InChI=1S/C20H20F2N4O4/c1-12-16-9-14(10-24-18(16)26(2)25-12)19(28)29-11-17(27)23-8-7-13-3-5-15(6-4-13)30-20(21)22/h3-6,9-10,20H,7-8,11H2,1-2H3,(H,23,27). The largest absolute Gasteiger partial charge is 0.452 e. The van der Waals surface area contributed by atoms with Gasteiger partial charge in [0, 0.05) is 25.2 Å². The lowest BCUT2D eigenvalue weighted by Gasteiger charge is -2.08. The first-order valence-electron chi connectivity index (χ1n) is 9.10. The Hall–Kier alpha value is -3.56. The predicted molar refractivity (Wildman–Crippen MR) is 103 cm³/mol. The van der Waals surface area contributed by atoms with Crippen molar-refractivity contribution in [1.82, 2.24) is 20.1 Å². The summed E-state index contributed by atoms with van der Waals surface area (Å²) in [7, 11) is 1.76. The van der Waals surface area contributed by atoms with Crippen LogP contribution in [0.25, 0.3) is 11.0 Å². The van der Waals surface area contributed by atoms with Crippen molar-refractivity contribution < 1.29 is 27.8 Å². The minimum atomic E-state index is -2.87. The van der Waals surface area contributed by atoms with Gasteiger partial charge in [-0.15, -0.1) is 0 Å². The van der Waals surface area contributed by atoms with E-state index in [9.17, 15) is 18.4 Å². The Labute approximate surface area is 170 Å². The molecule has 1 amide bonds. The molecule has 0 saturated carbocycles. The molecule has 0 spiro atoms. The SMILES string of the molecule is Cc1nn(C)c2ncc(C(=O)OCC(=O)NCCc3ccc(OC(F)F)cc3)cc12. The van der Waals surface area contributed by atoms with Gasteiger partial charge in [-0.3, -0.25) is 9.48 Å². The maximum absolute atomic E-state index is 12.2. The zero-order chi connectivity index (χ0) is 21.7. The third-order valence-corrected chi connectivity index (χ3v) is 4.32. The zero-order valence-corrected chi connectivity index (χ0v) is 16.4. The molecule has 0 atom stereocenters. The van der Waals surface area contributed by atoms with Gasteiger partial charge in [-0.25, -0.2) is 9.78 Å². The Morgan fingerprint density at radius 3 is 2.67 bits per heavy atom. The highest BCUT2D eigenvalue weighted by Crippen LogP contribution is 2.17. The van der Waals surface area contributed by atoms with Crippen molar-refractivity contribution in [2.45, 2.75) is 20.0 Å². The average Bonchev–Trinajstić information content (AvgIpc) is 3.00. The minimum Gasteiger partial charge on any atom is -0.452 e. The summed E-state index contributed by atoms with van der Waals surface area (Å²) in [6, 6.07) is 7.76. The van der Waals surface area contributed by atoms with E-state index in [0.717, 1.165) is 16.6 Å². The monoisotopic (exact) mass is 418 g/mol. The van der Waals surface area contributed by atoms with Crippen LogP contribution in [0.4, 0.5) is 8.78 Å². The molecule has 10 heteroatoms. The summed E-state index contributed by atoms with van der Waals surface area (Å²) in [5.74, 6) is -1.04. The smallest absolute Gasteiger partial charge is 0.387 e. The number of benzene rings is 1. The van der Waals surface area contributed by atoms with E-state index in [0.29, 0.717) is 18.6 Å². The third kappa shape index (κ3) is 5.28. The number of carbonyl (C=O) groups excluding carboxylic acids is 2. The molecule has 0 aliphatic rings. The summed E-state index contributed by atoms with van der Waals surface area (Å²) in [4.78, 5) is 28.3. The van der Waals surface area contributed by atoms with Crippen LogP contribution in [0.1, 0.15) is 21.6 Å². The first kappa shape index (κ1) is 21.2. The van der Waals surface area contributed by atoms with Crippen LogP contribution in [0.2, 0.25) is 0 Å². The number of amides is 1.